The number of nitrogens with one attached hydrogen (secondary N) is 1. The Morgan fingerprint density at radius 1 is 1.10 bits per heavy atom. The predicted molar refractivity (Wildman–Crippen MR) is 111 cm³/mol. The van der Waals surface area contributed by atoms with Crippen LogP contribution in [0, 0.1) is 6.92 Å². The number of esters is 1. The summed E-state index contributed by atoms with van der Waals surface area (Å²) in [5.74, 6) is -0.974. The SMILES string of the molecule is Cc1cccc(C(C)C)c1NC(=O)COC(=O)c1nn(C)c(=O)c2ccccc12. The van der Waals surface area contributed by atoms with E-state index in [1.54, 1.807) is 24.3 Å². The van der Waals surface area contributed by atoms with Crippen molar-refractivity contribution in [2.45, 2.75) is 26.7 Å². The molecule has 0 aliphatic heterocycles. The lowest BCUT2D eigenvalue weighted by Crippen LogP contribution is -2.26. The van der Waals surface area contributed by atoms with Crippen LogP contribution in [-0.2, 0) is 16.6 Å². The van der Waals surface area contributed by atoms with Crippen LogP contribution in [0.25, 0.3) is 10.8 Å². The summed E-state index contributed by atoms with van der Waals surface area (Å²) >= 11 is 0. The van der Waals surface area contributed by atoms with Crippen LogP contribution >= 0.6 is 0 Å². The van der Waals surface area contributed by atoms with E-state index in [0.717, 1.165) is 21.5 Å². The predicted octanol–water partition coefficient (Wildman–Crippen LogP) is 3.16. The first-order chi connectivity index (χ1) is 13.8. The summed E-state index contributed by atoms with van der Waals surface area (Å²) < 4.78 is 6.26. The van der Waals surface area contributed by atoms with Gasteiger partial charge in [0.25, 0.3) is 11.5 Å². The van der Waals surface area contributed by atoms with Gasteiger partial charge in [0, 0.05) is 18.1 Å². The lowest BCUT2D eigenvalue weighted by atomic mass is 9.98. The molecule has 0 aliphatic rings. The van der Waals surface area contributed by atoms with Gasteiger partial charge in [0.15, 0.2) is 12.3 Å². The molecule has 0 bridgehead atoms. The van der Waals surface area contributed by atoms with Gasteiger partial charge in [-0.2, -0.15) is 5.10 Å². The topological polar surface area (TPSA) is 90.3 Å². The molecule has 3 rings (SSSR count). The van der Waals surface area contributed by atoms with E-state index in [1.165, 1.54) is 7.05 Å². The molecular formula is C22H23N3O4. The van der Waals surface area contributed by atoms with Gasteiger partial charge in [-0.3, -0.25) is 9.59 Å². The fraction of sp³-hybridized carbons (Fsp3) is 0.273. The van der Waals surface area contributed by atoms with Gasteiger partial charge >= 0.3 is 5.97 Å². The first-order valence-corrected chi connectivity index (χ1v) is 9.32. The molecule has 1 amide bonds. The number of hydrogen-bond donors (Lipinski definition) is 1. The number of carbonyl (C=O) groups excluding carboxylic acids is 2. The number of rotatable bonds is 5. The number of anilines is 1. The molecular weight excluding hydrogens is 370 g/mol. The maximum absolute atomic E-state index is 12.5. The first-order valence-electron chi connectivity index (χ1n) is 9.32. The molecule has 2 aromatic carbocycles. The summed E-state index contributed by atoms with van der Waals surface area (Å²) in [6, 6.07) is 12.5. The van der Waals surface area contributed by atoms with E-state index in [0.29, 0.717) is 10.8 Å². The van der Waals surface area contributed by atoms with Crippen LogP contribution in [0.4, 0.5) is 5.69 Å². The summed E-state index contributed by atoms with van der Waals surface area (Å²) in [6.45, 7) is 5.54. The molecule has 150 valence electrons. The molecule has 0 aliphatic carbocycles. The average Bonchev–Trinajstić information content (AvgIpc) is 2.70. The molecule has 0 saturated heterocycles. The maximum atomic E-state index is 12.5. The number of aryl methyl sites for hydroxylation is 2. The molecule has 1 heterocycles. The average molecular weight is 393 g/mol. The van der Waals surface area contributed by atoms with E-state index in [4.69, 9.17) is 4.74 Å². The molecule has 1 N–H and O–H groups in total. The van der Waals surface area contributed by atoms with Gasteiger partial charge in [-0.25, -0.2) is 9.48 Å². The van der Waals surface area contributed by atoms with E-state index in [-0.39, 0.29) is 17.2 Å². The fourth-order valence-electron chi connectivity index (χ4n) is 3.17. The van der Waals surface area contributed by atoms with Gasteiger partial charge in [-0.1, -0.05) is 50.2 Å². The Morgan fingerprint density at radius 3 is 2.48 bits per heavy atom. The normalized spacial score (nSPS) is 10.9. The monoisotopic (exact) mass is 393 g/mol. The number of para-hydroxylation sites is 1. The summed E-state index contributed by atoms with van der Waals surface area (Å²) in [6.07, 6.45) is 0. The number of amides is 1. The van der Waals surface area contributed by atoms with Crippen molar-refractivity contribution in [2.24, 2.45) is 7.05 Å². The Labute approximate surface area is 168 Å². The van der Waals surface area contributed by atoms with Crippen molar-refractivity contribution < 1.29 is 14.3 Å². The van der Waals surface area contributed by atoms with E-state index in [9.17, 15) is 14.4 Å². The molecule has 0 fully saturated rings. The van der Waals surface area contributed by atoms with Crippen LogP contribution < -0.4 is 10.9 Å². The molecule has 3 aromatic rings. The Morgan fingerprint density at radius 2 is 1.79 bits per heavy atom. The number of benzene rings is 2. The van der Waals surface area contributed by atoms with Crippen molar-refractivity contribution in [1.82, 2.24) is 9.78 Å². The highest BCUT2D eigenvalue weighted by atomic mass is 16.5. The Balaban J connectivity index is 1.77. The zero-order valence-corrected chi connectivity index (χ0v) is 16.9. The first kappa shape index (κ1) is 20.3. The van der Waals surface area contributed by atoms with Gasteiger partial charge < -0.3 is 10.1 Å². The van der Waals surface area contributed by atoms with Crippen LogP contribution in [0.1, 0.15) is 41.4 Å². The van der Waals surface area contributed by atoms with Gasteiger partial charge in [0.1, 0.15) is 0 Å². The minimum Gasteiger partial charge on any atom is -0.451 e. The molecule has 7 nitrogen and oxygen atoms in total. The minimum absolute atomic E-state index is 0.00531. The second kappa shape index (κ2) is 8.26. The molecule has 0 unspecified atom stereocenters. The highest BCUT2D eigenvalue weighted by molar-refractivity contribution is 6.03. The Kier molecular flexibility index (Phi) is 5.77. The number of nitrogens with zero attached hydrogens (tertiary/aromatic N) is 2. The van der Waals surface area contributed by atoms with Crippen molar-refractivity contribution in [1.29, 1.82) is 0 Å². The standard InChI is InChI=1S/C22H23N3O4/c1-13(2)15-11-7-8-14(3)19(15)23-18(26)12-29-22(28)20-16-9-5-6-10-17(16)21(27)25(4)24-20/h5-11,13H,12H2,1-4H3,(H,23,26). The molecule has 0 saturated carbocycles. The van der Waals surface area contributed by atoms with E-state index in [1.807, 2.05) is 39.0 Å². The van der Waals surface area contributed by atoms with Crippen LogP contribution in [-0.4, -0.2) is 28.3 Å². The van der Waals surface area contributed by atoms with Crippen LogP contribution in [0.3, 0.4) is 0 Å². The summed E-state index contributed by atoms with van der Waals surface area (Å²) in [7, 11) is 1.46. The number of carbonyl (C=O) groups is 2. The second-order valence-electron chi connectivity index (χ2n) is 7.14. The third-order valence-corrected chi connectivity index (χ3v) is 4.68. The van der Waals surface area contributed by atoms with Crippen LogP contribution in [0.2, 0.25) is 0 Å². The number of aromatic nitrogens is 2. The summed E-state index contributed by atoms with van der Waals surface area (Å²) in [5.41, 5.74) is 2.36. The van der Waals surface area contributed by atoms with Gasteiger partial charge in [0.2, 0.25) is 0 Å². The molecule has 0 atom stereocenters. The lowest BCUT2D eigenvalue weighted by molar-refractivity contribution is -0.119. The minimum atomic E-state index is -0.763. The number of hydrogen-bond acceptors (Lipinski definition) is 5. The van der Waals surface area contributed by atoms with Crippen LogP contribution in [0.15, 0.2) is 47.3 Å². The summed E-state index contributed by atoms with van der Waals surface area (Å²) in [4.78, 5) is 37.1. The Hall–Kier alpha value is -3.48. The molecule has 1 aromatic heterocycles. The third-order valence-electron chi connectivity index (χ3n) is 4.68. The second-order valence-corrected chi connectivity index (χ2v) is 7.14. The van der Waals surface area contributed by atoms with Crippen molar-refractivity contribution >= 4 is 28.3 Å². The van der Waals surface area contributed by atoms with Gasteiger partial charge in [0.05, 0.1) is 5.39 Å². The van der Waals surface area contributed by atoms with E-state index in [2.05, 4.69) is 10.4 Å². The number of fused-ring (bicyclic) bond motifs is 1. The molecule has 0 radical (unpaired) electrons. The van der Waals surface area contributed by atoms with Crippen LogP contribution in [0.5, 0.6) is 0 Å². The van der Waals surface area contributed by atoms with Gasteiger partial charge in [-0.15, -0.1) is 0 Å². The van der Waals surface area contributed by atoms with E-state index >= 15 is 0 Å². The van der Waals surface area contributed by atoms with E-state index < -0.39 is 18.5 Å². The highest BCUT2D eigenvalue weighted by Crippen LogP contribution is 2.27. The zero-order chi connectivity index (χ0) is 21.1. The smallest absolute Gasteiger partial charge is 0.359 e. The maximum Gasteiger partial charge on any atom is 0.359 e. The number of ether oxygens (including phenoxy) is 1. The molecule has 0 spiro atoms. The highest BCUT2D eigenvalue weighted by Gasteiger charge is 2.19. The quantitative estimate of drug-likeness (QED) is 0.673. The fourth-order valence-corrected chi connectivity index (χ4v) is 3.17. The van der Waals surface area contributed by atoms with Crippen molar-refractivity contribution in [3.8, 4) is 0 Å². The van der Waals surface area contributed by atoms with Crippen molar-refractivity contribution in [3.63, 3.8) is 0 Å². The van der Waals surface area contributed by atoms with Gasteiger partial charge in [-0.05, 0) is 30.0 Å². The lowest BCUT2D eigenvalue weighted by Gasteiger charge is -2.16. The largest absolute Gasteiger partial charge is 0.451 e. The zero-order valence-electron chi connectivity index (χ0n) is 16.9. The Bertz CT molecular complexity index is 1150. The summed E-state index contributed by atoms with van der Waals surface area (Å²) in [5, 5.41) is 7.60. The van der Waals surface area contributed by atoms with Crippen molar-refractivity contribution in [2.75, 3.05) is 11.9 Å². The van der Waals surface area contributed by atoms with Crippen molar-refractivity contribution in [3.05, 3.63) is 69.6 Å². The molecule has 7 heteroatoms. The third kappa shape index (κ3) is 4.18. The molecule has 29 heavy (non-hydrogen) atoms.